The first-order chi connectivity index (χ1) is 6.24. The molecule has 0 aromatic rings. The van der Waals surface area contributed by atoms with Gasteiger partial charge >= 0.3 is 0 Å². The predicted octanol–water partition coefficient (Wildman–Crippen LogP) is 2.46. The zero-order valence-corrected chi connectivity index (χ0v) is 8.71. The van der Waals surface area contributed by atoms with E-state index in [-0.39, 0.29) is 5.92 Å². The average Bonchev–Trinajstić information content (AvgIpc) is 2.18. The molecule has 1 saturated carbocycles. The molecule has 1 aliphatic carbocycles. The summed E-state index contributed by atoms with van der Waals surface area (Å²) in [6.07, 6.45) is 6.68. The Balaban J connectivity index is 2.26. The molecule has 0 amide bonds. The van der Waals surface area contributed by atoms with Gasteiger partial charge in [-0.15, -0.1) is 0 Å². The van der Waals surface area contributed by atoms with E-state index in [0.717, 1.165) is 0 Å². The molecule has 2 nitrogen and oxygen atoms in total. The Kier molecular flexibility index (Phi) is 4.24. The molecule has 1 N–H and O–H groups in total. The van der Waals surface area contributed by atoms with Gasteiger partial charge in [0, 0.05) is 12.1 Å². The Hall–Kier alpha value is -0.550. The minimum atomic E-state index is 0.127. The molecule has 0 spiro atoms. The second-order valence-electron chi connectivity index (χ2n) is 4.21. The van der Waals surface area contributed by atoms with Crippen LogP contribution in [-0.2, 0) is 0 Å². The van der Waals surface area contributed by atoms with Crippen molar-refractivity contribution in [2.75, 3.05) is 0 Å². The topological polar surface area (TPSA) is 35.8 Å². The van der Waals surface area contributed by atoms with Gasteiger partial charge in [-0.05, 0) is 26.7 Å². The molecule has 2 atom stereocenters. The van der Waals surface area contributed by atoms with Gasteiger partial charge in [-0.1, -0.05) is 19.3 Å². The monoisotopic (exact) mass is 180 g/mol. The second kappa shape index (κ2) is 5.24. The summed E-state index contributed by atoms with van der Waals surface area (Å²) in [5.41, 5.74) is 0. The summed E-state index contributed by atoms with van der Waals surface area (Å²) >= 11 is 0. The Morgan fingerprint density at radius 2 is 1.85 bits per heavy atom. The summed E-state index contributed by atoms with van der Waals surface area (Å²) in [5.74, 6) is 0.127. The van der Waals surface area contributed by atoms with Crippen molar-refractivity contribution in [3.63, 3.8) is 0 Å². The summed E-state index contributed by atoms with van der Waals surface area (Å²) in [6.45, 7) is 4.10. The van der Waals surface area contributed by atoms with Crippen LogP contribution in [0.15, 0.2) is 0 Å². The first-order valence-corrected chi connectivity index (χ1v) is 5.39. The molecule has 2 unspecified atom stereocenters. The molecule has 1 fully saturated rings. The summed E-state index contributed by atoms with van der Waals surface area (Å²) in [5, 5.41) is 12.3. The lowest BCUT2D eigenvalue weighted by molar-refractivity contribution is 0.322. The molecule has 2 heteroatoms. The number of nitrogens with zero attached hydrogens (tertiary/aromatic N) is 1. The Bertz CT molecular complexity index is 177. The van der Waals surface area contributed by atoms with E-state index in [2.05, 4.69) is 18.3 Å². The minimum absolute atomic E-state index is 0.127. The molecule has 0 bridgehead atoms. The van der Waals surface area contributed by atoms with Gasteiger partial charge in [-0.25, -0.2) is 0 Å². The zero-order chi connectivity index (χ0) is 9.68. The van der Waals surface area contributed by atoms with Crippen LogP contribution in [-0.4, -0.2) is 12.1 Å². The largest absolute Gasteiger partial charge is 0.310 e. The zero-order valence-electron chi connectivity index (χ0n) is 8.71. The minimum Gasteiger partial charge on any atom is -0.310 e. The standard InChI is InChI=1S/C11H20N2/c1-9(8-12)10(2)13-11-6-4-3-5-7-11/h9-11,13H,3-7H2,1-2H3. The number of hydrogen-bond acceptors (Lipinski definition) is 2. The van der Waals surface area contributed by atoms with Crippen LogP contribution >= 0.6 is 0 Å². The van der Waals surface area contributed by atoms with Gasteiger partial charge in [-0.3, -0.25) is 0 Å². The normalized spacial score (nSPS) is 23.5. The summed E-state index contributed by atoms with van der Waals surface area (Å²) in [4.78, 5) is 0. The maximum atomic E-state index is 8.74. The van der Waals surface area contributed by atoms with E-state index in [1.54, 1.807) is 0 Å². The van der Waals surface area contributed by atoms with Crippen LogP contribution in [0.4, 0.5) is 0 Å². The van der Waals surface area contributed by atoms with Crippen molar-refractivity contribution in [2.45, 2.75) is 58.0 Å². The van der Waals surface area contributed by atoms with Crippen molar-refractivity contribution in [3.05, 3.63) is 0 Å². The maximum absolute atomic E-state index is 8.74. The van der Waals surface area contributed by atoms with Crippen LogP contribution in [0.1, 0.15) is 46.0 Å². The molecule has 0 radical (unpaired) electrons. The lowest BCUT2D eigenvalue weighted by atomic mass is 9.93. The highest BCUT2D eigenvalue weighted by atomic mass is 14.9. The fraction of sp³-hybridized carbons (Fsp3) is 0.909. The number of hydrogen-bond donors (Lipinski definition) is 1. The molecule has 0 aliphatic heterocycles. The van der Waals surface area contributed by atoms with Crippen molar-refractivity contribution in [1.29, 1.82) is 5.26 Å². The van der Waals surface area contributed by atoms with E-state index in [0.29, 0.717) is 12.1 Å². The van der Waals surface area contributed by atoms with E-state index in [4.69, 9.17) is 5.26 Å². The van der Waals surface area contributed by atoms with Gasteiger partial charge in [0.2, 0.25) is 0 Å². The highest BCUT2D eigenvalue weighted by molar-refractivity contribution is 4.88. The van der Waals surface area contributed by atoms with E-state index in [1.807, 2.05) is 6.92 Å². The molecule has 13 heavy (non-hydrogen) atoms. The van der Waals surface area contributed by atoms with Crippen molar-refractivity contribution >= 4 is 0 Å². The second-order valence-corrected chi connectivity index (χ2v) is 4.21. The van der Waals surface area contributed by atoms with E-state index < -0.39 is 0 Å². The number of nitriles is 1. The molecular weight excluding hydrogens is 160 g/mol. The fourth-order valence-electron chi connectivity index (χ4n) is 1.90. The molecule has 0 aromatic heterocycles. The lowest BCUT2D eigenvalue weighted by Crippen LogP contribution is -2.40. The van der Waals surface area contributed by atoms with Crippen molar-refractivity contribution < 1.29 is 0 Å². The molecule has 0 heterocycles. The SMILES string of the molecule is CC(C#N)C(C)NC1CCCCC1. The first kappa shape index (κ1) is 10.5. The summed E-state index contributed by atoms with van der Waals surface area (Å²) in [7, 11) is 0. The number of nitrogens with one attached hydrogen (secondary N) is 1. The van der Waals surface area contributed by atoms with Crippen molar-refractivity contribution in [1.82, 2.24) is 5.32 Å². The highest BCUT2D eigenvalue weighted by Crippen LogP contribution is 2.18. The van der Waals surface area contributed by atoms with Crippen LogP contribution in [0.25, 0.3) is 0 Å². The van der Waals surface area contributed by atoms with Crippen LogP contribution in [0, 0.1) is 17.2 Å². The smallest absolute Gasteiger partial charge is 0.0669 e. The molecule has 0 aromatic carbocycles. The molecule has 1 rings (SSSR count). The lowest BCUT2D eigenvalue weighted by Gasteiger charge is -2.27. The third kappa shape index (κ3) is 3.36. The third-order valence-corrected chi connectivity index (χ3v) is 3.06. The van der Waals surface area contributed by atoms with Gasteiger partial charge in [-0.2, -0.15) is 5.26 Å². The quantitative estimate of drug-likeness (QED) is 0.724. The van der Waals surface area contributed by atoms with Crippen molar-refractivity contribution in [2.24, 2.45) is 5.92 Å². The Labute approximate surface area is 81.3 Å². The Morgan fingerprint density at radius 3 is 2.38 bits per heavy atom. The summed E-state index contributed by atoms with van der Waals surface area (Å²) < 4.78 is 0. The van der Waals surface area contributed by atoms with Crippen LogP contribution in [0.3, 0.4) is 0 Å². The fourth-order valence-corrected chi connectivity index (χ4v) is 1.90. The maximum Gasteiger partial charge on any atom is 0.0669 e. The predicted molar refractivity (Wildman–Crippen MR) is 54.2 cm³/mol. The highest BCUT2D eigenvalue weighted by Gasteiger charge is 2.18. The molecule has 0 saturated heterocycles. The van der Waals surface area contributed by atoms with E-state index in [9.17, 15) is 0 Å². The number of rotatable bonds is 3. The van der Waals surface area contributed by atoms with Gasteiger partial charge in [0.1, 0.15) is 0 Å². The first-order valence-electron chi connectivity index (χ1n) is 5.39. The van der Waals surface area contributed by atoms with E-state index in [1.165, 1.54) is 32.1 Å². The van der Waals surface area contributed by atoms with E-state index >= 15 is 0 Å². The van der Waals surface area contributed by atoms with Gasteiger partial charge in [0.25, 0.3) is 0 Å². The van der Waals surface area contributed by atoms with Gasteiger partial charge < -0.3 is 5.32 Å². The Morgan fingerprint density at radius 1 is 1.23 bits per heavy atom. The van der Waals surface area contributed by atoms with Crippen molar-refractivity contribution in [3.8, 4) is 6.07 Å². The molecular formula is C11H20N2. The third-order valence-electron chi connectivity index (χ3n) is 3.06. The van der Waals surface area contributed by atoms with Crippen LogP contribution < -0.4 is 5.32 Å². The summed E-state index contributed by atoms with van der Waals surface area (Å²) in [6, 6.07) is 3.30. The van der Waals surface area contributed by atoms with Crippen LogP contribution in [0.5, 0.6) is 0 Å². The van der Waals surface area contributed by atoms with Gasteiger partial charge in [0.05, 0.1) is 12.0 Å². The van der Waals surface area contributed by atoms with Gasteiger partial charge in [0.15, 0.2) is 0 Å². The molecule has 74 valence electrons. The van der Waals surface area contributed by atoms with Crippen LogP contribution in [0.2, 0.25) is 0 Å². The average molecular weight is 180 g/mol. The molecule has 1 aliphatic rings.